The number of nitrogens with two attached hydrogens (primary N) is 1. The summed E-state index contributed by atoms with van der Waals surface area (Å²) in [5, 5.41) is 10.7. The van der Waals surface area contributed by atoms with Crippen LogP contribution in [0.4, 0.5) is 17.1 Å². The quantitative estimate of drug-likeness (QED) is 0.503. The molecule has 1 heterocycles. The van der Waals surface area contributed by atoms with E-state index in [4.69, 9.17) is 10.5 Å². The summed E-state index contributed by atoms with van der Waals surface area (Å²) in [6.45, 7) is 7.49. The minimum atomic E-state index is -0.438. The van der Waals surface area contributed by atoms with Gasteiger partial charge in [-0.15, -0.1) is 0 Å². The number of hydrogen-bond acceptors (Lipinski definition) is 5. The molecule has 1 aliphatic rings. The predicted octanol–water partition coefficient (Wildman–Crippen LogP) is 2.18. The second kappa shape index (κ2) is 4.70. The summed E-state index contributed by atoms with van der Waals surface area (Å²) in [5.41, 5.74) is 6.95. The number of anilines is 2. The van der Waals surface area contributed by atoms with Crippen LogP contribution < -0.4 is 10.6 Å². The van der Waals surface area contributed by atoms with Crippen LogP contribution in [0, 0.1) is 10.1 Å². The van der Waals surface area contributed by atoms with Crippen LogP contribution in [-0.2, 0) is 4.74 Å². The van der Waals surface area contributed by atoms with Gasteiger partial charge in [0.1, 0.15) is 0 Å². The van der Waals surface area contributed by atoms with Crippen molar-refractivity contribution in [3.8, 4) is 0 Å². The minimum absolute atomic E-state index is 0.0156. The summed E-state index contributed by atoms with van der Waals surface area (Å²) in [7, 11) is 0. The van der Waals surface area contributed by atoms with Crippen molar-refractivity contribution in [1.82, 2.24) is 0 Å². The fourth-order valence-electron chi connectivity index (χ4n) is 2.58. The molecule has 1 aromatic carbocycles. The number of nitro benzene ring substituents is 1. The van der Waals surface area contributed by atoms with E-state index in [2.05, 4.69) is 4.90 Å². The second-order valence-corrected chi connectivity index (χ2v) is 5.57. The Morgan fingerprint density at radius 2 is 2.21 bits per heavy atom. The van der Waals surface area contributed by atoms with Crippen LogP contribution in [0.15, 0.2) is 18.2 Å². The fraction of sp³-hybridized carbons (Fsp3) is 0.538. The van der Waals surface area contributed by atoms with Gasteiger partial charge in [-0.2, -0.15) is 0 Å². The van der Waals surface area contributed by atoms with Crippen molar-refractivity contribution in [2.45, 2.75) is 32.5 Å². The molecule has 1 aliphatic heterocycles. The molecule has 19 heavy (non-hydrogen) atoms. The van der Waals surface area contributed by atoms with Gasteiger partial charge in [-0.05, 0) is 26.8 Å². The molecule has 1 atom stereocenters. The number of hydrogen-bond donors (Lipinski definition) is 1. The molecular weight excluding hydrogens is 246 g/mol. The van der Waals surface area contributed by atoms with E-state index >= 15 is 0 Å². The molecule has 0 bridgehead atoms. The van der Waals surface area contributed by atoms with E-state index < -0.39 is 4.92 Å². The third-order valence-corrected chi connectivity index (χ3v) is 3.13. The van der Waals surface area contributed by atoms with Crippen LogP contribution in [0.25, 0.3) is 0 Å². The standard InChI is InChI=1S/C13H19N3O3/c1-9-7-15(8-13(2,3)19-9)12-5-4-10(16(17)18)6-11(12)14/h4-6,9H,7-8,14H2,1-3H3. The zero-order valence-electron chi connectivity index (χ0n) is 11.4. The average Bonchev–Trinajstić information content (AvgIpc) is 2.25. The first-order chi connectivity index (χ1) is 8.78. The van der Waals surface area contributed by atoms with Gasteiger partial charge in [0.2, 0.25) is 0 Å². The smallest absolute Gasteiger partial charge is 0.271 e. The van der Waals surface area contributed by atoms with Gasteiger partial charge in [0, 0.05) is 25.2 Å². The van der Waals surface area contributed by atoms with Crippen LogP contribution >= 0.6 is 0 Å². The highest BCUT2D eigenvalue weighted by Crippen LogP contribution is 2.32. The van der Waals surface area contributed by atoms with E-state index in [1.165, 1.54) is 12.1 Å². The maximum absolute atomic E-state index is 10.7. The van der Waals surface area contributed by atoms with Crippen LogP contribution in [-0.4, -0.2) is 29.7 Å². The van der Waals surface area contributed by atoms with Gasteiger partial charge in [-0.3, -0.25) is 10.1 Å². The van der Waals surface area contributed by atoms with E-state index in [-0.39, 0.29) is 17.4 Å². The largest absolute Gasteiger partial charge is 0.397 e. The number of ether oxygens (including phenoxy) is 1. The van der Waals surface area contributed by atoms with Crippen LogP contribution in [0.1, 0.15) is 20.8 Å². The zero-order chi connectivity index (χ0) is 14.2. The molecule has 2 N–H and O–H groups in total. The summed E-state index contributed by atoms with van der Waals surface area (Å²) < 4.78 is 5.84. The Balaban J connectivity index is 2.29. The molecule has 0 saturated carbocycles. The normalized spacial score (nSPS) is 22.3. The highest BCUT2D eigenvalue weighted by molar-refractivity contribution is 5.71. The van der Waals surface area contributed by atoms with Crippen LogP contribution in [0.5, 0.6) is 0 Å². The lowest BCUT2D eigenvalue weighted by Gasteiger charge is -2.43. The molecule has 0 aromatic heterocycles. The molecule has 0 radical (unpaired) electrons. The third kappa shape index (κ3) is 2.96. The summed E-state index contributed by atoms with van der Waals surface area (Å²) in [5.74, 6) is 0. The van der Waals surface area contributed by atoms with E-state index in [1.807, 2.05) is 20.8 Å². The number of morpholine rings is 1. The summed E-state index contributed by atoms with van der Waals surface area (Å²) >= 11 is 0. The lowest BCUT2D eigenvalue weighted by atomic mass is 10.0. The maximum atomic E-state index is 10.7. The maximum Gasteiger partial charge on any atom is 0.271 e. The number of benzene rings is 1. The van der Waals surface area contributed by atoms with Gasteiger partial charge in [0.15, 0.2) is 0 Å². The predicted molar refractivity (Wildman–Crippen MR) is 74.3 cm³/mol. The van der Waals surface area contributed by atoms with E-state index in [0.29, 0.717) is 12.2 Å². The van der Waals surface area contributed by atoms with Gasteiger partial charge in [-0.1, -0.05) is 0 Å². The van der Waals surface area contributed by atoms with Crippen LogP contribution in [0.3, 0.4) is 0 Å². The molecule has 2 rings (SSSR count). The number of non-ortho nitro benzene ring substituents is 1. The Bertz CT molecular complexity index is 502. The van der Waals surface area contributed by atoms with E-state index in [0.717, 1.165) is 12.2 Å². The molecule has 104 valence electrons. The van der Waals surface area contributed by atoms with Crippen molar-refractivity contribution < 1.29 is 9.66 Å². The third-order valence-electron chi connectivity index (χ3n) is 3.13. The van der Waals surface area contributed by atoms with Gasteiger partial charge >= 0.3 is 0 Å². The first kappa shape index (κ1) is 13.6. The summed E-state index contributed by atoms with van der Waals surface area (Å²) in [4.78, 5) is 12.4. The highest BCUT2D eigenvalue weighted by atomic mass is 16.6. The van der Waals surface area contributed by atoms with Crippen molar-refractivity contribution in [2.24, 2.45) is 0 Å². The lowest BCUT2D eigenvalue weighted by Crippen LogP contribution is -2.52. The Hall–Kier alpha value is -1.82. The van der Waals surface area contributed by atoms with Gasteiger partial charge in [0.25, 0.3) is 5.69 Å². The van der Waals surface area contributed by atoms with E-state index in [9.17, 15) is 10.1 Å². The summed E-state index contributed by atoms with van der Waals surface area (Å²) in [6, 6.07) is 4.60. The first-order valence-electron chi connectivity index (χ1n) is 6.25. The molecule has 6 heteroatoms. The molecule has 1 fully saturated rings. The fourth-order valence-corrected chi connectivity index (χ4v) is 2.58. The van der Waals surface area contributed by atoms with E-state index in [1.54, 1.807) is 6.07 Å². The molecule has 1 unspecified atom stereocenters. The molecule has 1 aromatic rings. The van der Waals surface area contributed by atoms with Crippen molar-refractivity contribution in [3.05, 3.63) is 28.3 Å². The number of nitro groups is 1. The van der Waals surface area contributed by atoms with Crippen molar-refractivity contribution in [3.63, 3.8) is 0 Å². The van der Waals surface area contributed by atoms with Crippen LogP contribution in [0.2, 0.25) is 0 Å². The second-order valence-electron chi connectivity index (χ2n) is 5.57. The topological polar surface area (TPSA) is 81.6 Å². The van der Waals surface area contributed by atoms with Crippen molar-refractivity contribution in [1.29, 1.82) is 0 Å². The Labute approximate surface area is 112 Å². The number of nitrogens with zero attached hydrogens (tertiary/aromatic N) is 2. The lowest BCUT2D eigenvalue weighted by molar-refractivity contribution is -0.384. The molecule has 0 amide bonds. The zero-order valence-corrected chi connectivity index (χ0v) is 11.4. The molecule has 0 spiro atoms. The molecule has 1 saturated heterocycles. The van der Waals surface area contributed by atoms with Gasteiger partial charge in [-0.25, -0.2) is 0 Å². The first-order valence-corrected chi connectivity index (χ1v) is 6.25. The monoisotopic (exact) mass is 265 g/mol. The molecule has 0 aliphatic carbocycles. The SMILES string of the molecule is CC1CN(c2ccc([N+](=O)[O-])cc2N)CC(C)(C)O1. The number of rotatable bonds is 2. The van der Waals surface area contributed by atoms with Crippen molar-refractivity contribution in [2.75, 3.05) is 23.7 Å². The Morgan fingerprint density at radius 3 is 2.74 bits per heavy atom. The average molecular weight is 265 g/mol. The van der Waals surface area contributed by atoms with Crippen molar-refractivity contribution >= 4 is 17.1 Å². The van der Waals surface area contributed by atoms with Gasteiger partial charge < -0.3 is 15.4 Å². The van der Waals surface area contributed by atoms with Gasteiger partial charge in [0.05, 0.1) is 28.0 Å². The molecule has 6 nitrogen and oxygen atoms in total. The number of nitrogen functional groups attached to an aromatic ring is 1. The Morgan fingerprint density at radius 1 is 1.53 bits per heavy atom. The summed E-state index contributed by atoms with van der Waals surface area (Å²) in [6.07, 6.45) is 0.0957. The highest BCUT2D eigenvalue weighted by Gasteiger charge is 2.32. The Kier molecular flexibility index (Phi) is 3.36. The molecular formula is C13H19N3O3. The minimum Gasteiger partial charge on any atom is -0.397 e.